The zero-order chi connectivity index (χ0) is 55.3. The molecule has 2 amide bonds. The maximum atomic E-state index is 13.0. The summed E-state index contributed by atoms with van der Waals surface area (Å²) in [6, 6.07) is 45.8. The number of hydrogen-bond donors (Lipinski definition) is 9. The van der Waals surface area contributed by atoms with Gasteiger partial charge in [-0.25, -0.2) is 9.98 Å². The number of nitrogens with one attached hydrogen (secondary N) is 5. The fourth-order valence-electron chi connectivity index (χ4n) is 9.62. The molecular formula is C65H69N10O4+. The Balaban J connectivity index is 0.645. The van der Waals surface area contributed by atoms with Crippen molar-refractivity contribution in [1.29, 1.82) is 0 Å². The van der Waals surface area contributed by atoms with E-state index in [-0.39, 0.29) is 29.0 Å². The molecule has 1 aliphatic rings. The van der Waals surface area contributed by atoms with Gasteiger partial charge >= 0.3 is 0 Å². The molecule has 1 aromatic heterocycles. The third-order valence-corrected chi connectivity index (χ3v) is 14.1. The van der Waals surface area contributed by atoms with E-state index in [2.05, 4.69) is 56.8 Å². The lowest BCUT2D eigenvalue weighted by molar-refractivity contribution is -0.538. The molecule has 0 saturated carbocycles. The second-order valence-corrected chi connectivity index (χ2v) is 20.0. The summed E-state index contributed by atoms with van der Waals surface area (Å²) < 4.78 is 2.13. The van der Waals surface area contributed by atoms with Crippen LogP contribution in [0.5, 0.6) is 11.5 Å². The highest BCUT2D eigenvalue weighted by atomic mass is 16.3. The quantitative estimate of drug-likeness (QED) is 0.00738. The van der Waals surface area contributed by atoms with Gasteiger partial charge in [-0.1, -0.05) is 92.9 Å². The molecule has 9 rings (SSSR count). The lowest BCUT2D eigenvalue weighted by Crippen LogP contribution is -2.33. The molecule has 0 bridgehead atoms. The van der Waals surface area contributed by atoms with Crippen LogP contribution in [-0.4, -0.2) is 58.9 Å². The number of aryl methyl sites for hydroxylation is 1. The van der Waals surface area contributed by atoms with Gasteiger partial charge < -0.3 is 48.3 Å². The van der Waals surface area contributed by atoms with Crippen molar-refractivity contribution >= 4 is 73.7 Å². The molecule has 14 heteroatoms. The number of carbonyl (C=O) groups excluding carboxylic acids is 2. The maximum Gasteiger partial charge on any atom is 0.251 e. The fourth-order valence-corrected chi connectivity index (χ4v) is 9.62. The van der Waals surface area contributed by atoms with E-state index in [4.69, 9.17) is 21.4 Å². The number of anilines is 5. The van der Waals surface area contributed by atoms with Crippen LogP contribution in [0.4, 0.5) is 34.1 Å². The number of benzene rings is 7. The van der Waals surface area contributed by atoms with Crippen molar-refractivity contribution in [3.8, 4) is 28.3 Å². The highest BCUT2D eigenvalue weighted by molar-refractivity contribution is 6.13. The highest BCUT2D eigenvalue weighted by Crippen LogP contribution is 2.37. The van der Waals surface area contributed by atoms with Crippen LogP contribution in [0.15, 0.2) is 186 Å². The van der Waals surface area contributed by atoms with Crippen molar-refractivity contribution < 1.29 is 24.4 Å². The lowest BCUT2D eigenvalue weighted by atomic mass is 9.99. The normalized spacial score (nSPS) is 12.8. The first kappa shape index (κ1) is 54.4. The number of allylic oxidation sites excluding steroid dienone is 4. The smallest absolute Gasteiger partial charge is 0.251 e. The predicted octanol–water partition coefficient (Wildman–Crippen LogP) is 12.4. The van der Waals surface area contributed by atoms with Gasteiger partial charge in [-0.05, 0) is 128 Å². The summed E-state index contributed by atoms with van der Waals surface area (Å²) in [7, 11) is 0. The van der Waals surface area contributed by atoms with Crippen molar-refractivity contribution in [2.75, 3.05) is 48.3 Å². The summed E-state index contributed by atoms with van der Waals surface area (Å²) in [6.07, 6.45) is 11.8. The molecule has 1 heterocycles. The van der Waals surface area contributed by atoms with Gasteiger partial charge in [0.25, 0.3) is 11.8 Å². The number of nitrogen functional groups attached to an aromatic ring is 2. The number of phenols is 2. The van der Waals surface area contributed by atoms with Gasteiger partial charge in [0, 0.05) is 90.8 Å². The Morgan fingerprint density at radius 3 is 1.73 bits per heavy atom. The Labute approximate surface area is 461 Å². The molecular weight excluding hydrogens is 985 g/mol. The van der Waals surface area contributed by atoms with Crippen LogP contribution in [0.1, 0.15) is 84.6 Å². The lowest BCUT2D eigenvalue weighted by Gasteiger charge is -2.18. The second kappa shape index (κ2) is 25.6. The van der Waals surface area contributed by atoms with Gasteiger partial charge in [-0.2, -0.15) is 0 Å². The Bertz CT molecular complexity index is 3600. The van der Waals surface area contributed by atoms with E-state index in [1.165, 1.54) is 0 Å². The number of fused-ring (bicyclic) bond motifs is 2. The SMILES string of the molecule is C=C1C=C(NCCCCCCNC(=O)c2ccc(-c3ccc(C(=O)NCCCCCCNc4cc5c(cc4C)nc4cc(O)c(N)cc4[n+]5-c4ccccc4)cc3)cc2)C(C)=C/C1=N/c1cc(O)c(N)cc1Nc1ccccc1. The third-order valence-electron chi connectivity index (χ3n) is 14.1. The number of rotatable bonds is 23. The number of nitrogens with zero attached hydrogens (tertiary/aromatic N) is 3. The molecule has 11 N–H and O–H groups in total. The van der Waals surface area contributed by atoms with Crippen LogP contribution in [-0.2, 0) is 0 Å². The monoisotopic (exact) mass is 1050 g/mol. The number of nitrogens with two attached hydrogens (primary N) is 2. The average molecular weight is 1050 g/mol. The zero-order valence-electron chi connectivity index (χ0n) is 44.9. The van der Waals surface area contributed by atoms with Gasteiger partial charge in [0.1, 0.15) is 22.5 Å². The third kappa shape index (κ3) is 13.8. The van der Waals surface area contributed by atoms with Crippen molar-refractivity contribution in [2.45, 2.75) is 65.2 Å². The minimum absolute atomic E-state index is 0.0126. The largest absolute Gasteiger partial charge is 0.506 e. The van der Waals surface area contributed by atoms with Crippen LogP contribution < -0.4 is 42.6 Å². The molecule has 0 unspecified atom stereocenters. The van der Waals surface area contributed by atoms with Crippen LogP contribution >= 0.6 is 0 Å². The van der Waals surface area contributed by atoms with Crippen LogP contribution in [0.2, 0.25) is 0 Å². The summed E-state index contributed by atoms with van der Waals surface area (Å²) in [5.41, 5.74) is 27.8. The number of amides is 2. The molecule has 0 spiro atoms. The molecule has 0 radical (unpaired) electrons. The van der Waals surface area contributed by atoms with Gasteiger partial charge in [-0.15, -0.1) is 4.57 Å². The Hall–Kier alpha value is -9.43. The number of aromatic nitrogens is 2. The molecule has 0 aliphatic heterocycles. The number of phenolic OH excluding ortho intramolecular Hbond substituents is 2. The van der Waals surface area contributed by atoms with E-state index in [9.17, 15) is 19.8 Å². The summed E-state index contributed by atoms with van der Waals surface area (Å²) in [5, 5.41) is 37.4. The van der Waals surface area contributed by atoms with Crippen molar-refractivity contribution in [2.24, 2.45) is 4.99 Å². The Morgan fingerprint density at radius 2 is 1.11 bits per heavy atom. The topological polar surface area (TPSA) is 216 Å². The van der Waals surface area contributed by atoms with Gasteiger partial charge in [0.2, 0.25) is 16.7 Å². The highest BCUT2D eigenvalue weighted by Gasteiger charge is 2.23. The number of hydrogen-bond acceptors (Lipinski definition) is 11. The fraction of sp³-hybridized carbons (Fsp3) is 0.215. The molecule has 79 heavy (non-hydrogen) atoms. The van der Waals surface area contributed by atoms with Crippen LogP contribution in [0, 0.1) is 6.92 Å². The van der Waals surface area contributed by atoms with Crippen molar-refractivity contribution in [1.82, 2.24) is 20.9 Å². The van der Waals surface area contributed by atoms with Crippen molar-refractivity contribution in [3.63, 3.8) is 0 Å². The first-order valence-electron chi connectivity index (χ1n) is 27.1. The Morgan fingerprint density at radius 1 is 0.582 bits per heavy atom. The maximum absolute atomic E-state index is 13.0. The second-order valence-electron chi connectivity index (χ2n) is 20.0. The van der Waals surface area contributed by atoms with Gasteiger partial charge in [-0.3, -0.25) is 9.59 Å². The van der Waals surface area contributed by atoms with Gasteiger partial charge in [0.15, 0.2) is 0 Å². The van der Waals surface area contributed by atoms with Crippen LogP contribution in [0.3, 0.4) is 0 Å². The average Bonchev–Trinajstić information content (AvgIpc) is 3.46. The predicted molar refractivity (Wildman–Crippen MR) is 322 cm³/mol. The summed E-state index contributed by atoms with van der Waals surface area (Å²) in [4.78, 5) is 35.7. The zero-order valence-corrected chi connectivity index (χ0v) is 44.9. The van der Waals surface area contributed by atoms with E-state index in [1.807, 2.05) is 128 Å². The van der Waals surface area contributed by atoms with Crippen molar-refractivity contribution in [3.05, 3.63) is 198 Å². The van der Waals surface area contributed by atoms with E-state index in [0.29, 0.717) is 52.5 Å². The van der Waals surface area contributed by atoms with E-state index < -0.39 is 0 Å². The van der Waals surface area contributed by atoms with E-state index in [1.54, 1.807) is 24.3 Å². The molecule has 0 saturated heterocycles. The summed E-state index contributed by atoms with van der Waals surface area (Å²) in [5.74, 6) is -0.214. The molecule has 402 valence electrons. The molecule has 14 nitrogen and oxygen atoms in total. The number of aliphatic imine (C=N–C) groups is 1. The molecule has 8 aromatic rings. The van der Waals surface area contributed by atoms with E-state index in [0.717, 1.165) is 132 Å². The number of unbranched alkanes of at least 4 members (excludes halogenated alkanes) is 6. The van der Waals surface area contributed by atoms with Gasteiger partial charge in [0.05, 0.1) is 28.5 Å². The number of aromatic hydroxyl groups is 2. The minimum Gasteiger partial charge on any atom is -0.506 e. The number of para-hydroxylation sites is 2. The Kier molecular flexibility index (Phi) is 17.6. The first-order chi connectivity index (χ1) is 38.4. The summed E-state index contributed by atoms with van der Waals surface area (Å²) >= 11 is 0. The molecule has 1 aliphatic carbocycles. The molecule has 7 aromatic carbocycles. The molecule has 0 fully saturated rings. The van der Waals surface area contributed by atoms with Crippen LogP contribution in [0.25, 0.3) is 38.9 Å². The minimum atomic E-state index is -0.0977. The number of carbonyl (C=O) groups is 2. The molecule has 0 atom stereocenters. The summed E-state index contributed by atoms with van der Waals surface area (Å²) in [6.45, 7) is 11.2. The standard InChI is InChI=1S/C65H68N10O4/c1-42-35-55(73-57-40-62(76)51(66)37-56(57)72-49-18-10-8-11-19-49)44(3)34-53(42)68-30-14-4-6-16-32-70-64(78)47-26-22-45(23-27-47)46-24-28-48(29-25-46)65(79)71-33-17-7-5-15-31-69-54-39-61-58(36-43(54)2)74-59-41-63(77)52(67)38-60(59)75(61)50-20-12-9-13-21-50/h8-13,18-29,34-41,68H,3-7,14-17,30-33H2,1-2H3,(H9,66,67,69,70,71,72,74,76,77,78,79)/p+1/b73-55-. The van der Waals surface area contributed by atoms with E-state index >= 15 is 0 Å². The first-order valence-corrected chi connectivity index (χ1v) is 27.1.